The van der Waals surface area contributed by atoms with Gasteiger partial charge in [-0.2, -0.15) is 0 Å². The third-order valence-corrected chi connectivity index (χ3v) is 3.74. The molecule has 2 aromatic carbocycles. The number of amides is 1. The summed E-state index contributed by atoms with van der Waals surface area (Å²) >= 11 is 11.8. The van der Waals surface area contributed by atoms with Crippen molar-refractivity contribution in [1.29, 1.82) is 0 Å². The lowest BCUT2D eigenvalue weighted by Gasteiger charge is -2.19. The Hall–Kier alpha value is -1.78. The highest BCUT2D eigenvalue weighted by Crippen LogP contribution is 2.23. The highest BCUT2D eigenvalue weighted by molar-refractivity contribution is 6.33. The molecule has 21 heavy (non-hydrogen) atoms. The van der Waals surface area contributed by atoms with E-state index in [1.807, 2.05) is 0 Å². The fraction of sp³-hybridized carbons (Fsp3) is 0.133. The van der Waals surface area contributed by atoms with Crippen LogP contribution in [-0.2, 0) is 6.54 Å². The second-order valence-corrected chi connectivity index (χ2v) is 5.41. The summed E-state index contributed by atoms with van der Waals surface area (Å²) in [4.78, 5) is 13.7. The molecule has 0 fully saturated rings. The van der Waals surface area contributed by atoms with Crippen molar-refractivity contribution in [1.82, 2.24) is 4.90 Å². The molecule has 0 bridgehead atoms. The molecule has 2 rings (SSSR count). The van der Waals surface area contributed by atoms with E-state index in [9.17, 15) is 9.18 Å². The number of benzene rings is 2. The normalized spacial score (nSPS) is 10.5. The molecule has 0 radical (unpaired) electrons. The number of hydrogen-bond donors (Lipinski definition) is 1. The maximum absolute atomic E-state index is 13.7. The summed E-state index contributed by atoms with van der Waals surface area (Å²) in [6.07, 6.45) is 0. The zero-order valence-electron chi connectivity index (χ0n) is 11.2. The molecule has 0 saturated heterocycles. The fourth-order valence-electron chi connectivity index (χ4n) is 1.89. The number of carbonyl (C=O) groups excluding carboxylic acids is 1. The van der Waals surface area contributed by atoms with E-state index in [2.05, 4.69) is 0 Å². The molecular formula is C15H13Cl2FN2O. The van der Waals surface area contributed by atoms with Gasteiger partial charge in [0.05, 0.1) is 10.7 Å². The third kappa shape index (κ3) is 3.46. The van der Waals surface area contributed by atoms with Crippen LogP contribution in [0.2, 0.25) is 10.0 Å². The number of nitrogens with zero attached hydrogens (tertiary/aromatic N) is 1. The van der Waals surface area contributed by atoms with E-state index in [4.69, 9.17) is 28.9 Å². The molecule has 0 spiro atoms. The minimum absolute atomic E-state index is 0.0624. The second-order valence-electron chi connectivity index (χ2n) is 4.60. The molecule has 0 aromatic heterocycles. The Morgan fingerprint density at radius 2 is 1.95 bits per heavy atom. The van der Waals surface area contributed by atoms with Crippen LogP contribution in [0.3, 0.4) is 0 Å². The molecular weight excluding hydrogens is 314 g/mol. The quantitative estimate of drug-likeness (QED) is 0.867. The SMILES string of the molecule is CN(Cc1c(F)cccc1Cl)C(=O)c1ccc(Cl)c(N)c1. The molecule has 2 N–H and O–H groups in total. The van der Waals surface area contributed by atoms with E-state index in [0.29, 0.717) is 16.3 Å². The van der Waals surface area contributed by atoms with Gasteiger partial charge in [-0.15, -0.1) is 0 Å². The summed E-state index contributed by atoms with van der Waals surface area (Å²) in [5, 5.41) is 0.664. The number of hydrogen-bond acceptors (Lipinski definition) is 2. The molecule has 0 aliphatic carbocycles. The predicted octanol–water partition coefficient (Wildman–Crippen LogP) is 3.99. The summed E-state index contributed by atoms with van der Waals surface area (Å²) in [6.45, 7) is 0.0624. The molecule has 0 heterocycles. The highest BCUT2D eigenvalue weighted by atomic mass is 35.5. The lowest BCUT2D eigenvalue weighted by Crippen LogP contribution is -2.26. The van der Waals surface area contributed by atoms with Crippen LogP contribution in [0.25, 0.3) is 0 Å². The lowest BCUT2D eigenvalue weighted by molar-refractivity contribution is 0.0784. The van der Waals surface area contributed by atoms with Crippen LogP contribution >= 0.6 is 23.2 Å². The predicted molar refractivity (Wildman–Crippen MR) is 83.1 cm³/mol. The van der Waals surface area contributed by atoms with Crippen molar-refractivity contribution in [3.05, 3.63) is 63.4 Å². The van der Waals surface area contributed by atoms with Gasteiger partial charge in [-0.25, -0.2) is 4.39 Å². The fourth-order valence-corrected chi connectivity index (χ4v) is 2.23. The number of halogens is 3. The first-order chi connectivity index (χ1) is 9.90. The molecule has 110 valence electrons. The van der Waals surface area contributed by atoms with Gasteiger partial charge in [-0.3, -0.25) is 4.79 Å². The van der Waals surface area contributed by atoms with Gasteiger partial charge in [0, 0.05) is 29.7 Å². The minimum Gasteiger partial charge on any atom is -0.398 e. The number of anilines is 1. The van der Waals surface area contributed by atoms with E-state index < -0.39 is 5.82 Å². The first-order valence-electron chi connectivity index (χ1n) is 6.13. The highest BCUT2D eigenvalue weighted by Gasteiger charge is 2.16. The number of nitrogens with two attached hydrogens (primary N) is 1. The zero-order valence-corrected chi connectivity index (χ0v) is 12.7. The van der Waals surface area contributed by atoms with Gasteiger partial charge in [0.1, 0.15) is 5.82 Å². The molecule has 2 aromatic rings. The standard InChI is InChI=1S/C15H13Cl2FN2O/c1-20(8-10-11(16)3-2-4-13(10)18)15(21)9-5-6-12(17)14(19)7-9/h2-7H,8,19H2,1H3. The summed E-state index contributed by atoms with van der Waals surface area (Å²) in [5.41, 5.74) is 6.65. The molecule has 1 amide bonds. The van der Waals surface area contributed by atoms with Crippen molar-refractivity contribution in [2.45, 2.75) is 6.54 Å². The van der Waals surface area contributed by atoms with Gasteiger partial charge in [-0.05, 0) is 30.3 Å². The third-order valence-electron chi connectivity index (χ3n) is 3.05. The Labute approximate surface area is 132 Å². The maximum atomic E-state index is 13.7. The Balaban J connectivity index is 2.21. The number of rotatable bonds is 3. The van der Waals surface area contributed by atoms with Gasteiger partial charge in [-0.1, -0.05) is 29.3 Å². The van der Waals surface area contributed by atoms with Crippen molar-refractivity contribution in [2.75, 3.05) is 12.8 Å². The first kappa shape index (κ1) is 15.6. The van der Waals surface area contributed by atoms with Crippen LogP contribution in [0.1, 0.15) is 15.9 Å². The van der Waals surface area contributed by atoms with Gasteiger partial charge >= 0.3 is 0 Å². The average molecular weight is 327 g/mol. The molecule has 0 saturated carbocycles. The lowest BCUT2D eigenvalue weighted by atomic mass is 10.1. The Morgan fingerprint density at radius 1 is 1.24 bits per heavy atom. The van der Waals surface area contributed by atoms with E-state index in [1.165, 1.54) is 23.1 Å². The average Bonchev–Trinajstić information content (AvgIpc) is 2.45. The van der Waals surface area contributed by atoms with Crippen molar-refractivity contribution in [3.8, 4) is 0 Å². The summed E-state index contributed by atoms with van der Waals surface area (Å²) < 4.78 is 13.7. The minimum atomic E-state index is -0.447. The van der Waals surface area contributed by atoms with E-state index in [0.717, 1.165) is 0 Å². The molecule has 0 aliphatic heterocycles. The van der Waals surface area contributed by atoms with Crippen LogP contribution in [0.4, 0.5) is 10.1 Å². The molecule has 0 atom stereocenters. The molecule has 0 unspecified atom stereocenters. The molecule has 3 nitrogen and oxygen atoms in total. The van der Waals surface area contributed by atoms with Crippen LogP contribution in [0.5, 0.6) is 0 Å². The van der Waals surface area contributed by atoms with Gasteiger partial charge in [0.25, 0.3) is 5.91 Å². The second kappa shape index (κ2) is 6.33. The van der Waals surface area contributed by atoms with Crippen LogP contribution in [-0.4, -0.2) is 17.9 Å². The smallest absolute Gasteiger partial charge is 0.253 e. The summed E-state index contributed by atoms with van der Waals surface area (Å²) in [6, 6.07) is 9.01. The molecule has 0 aliphatic rings. The largest absolute Gasteiger partial charge is 0.398 e. The van der Waals surface area contributed by atoms with Crippen LogP contribution < -0.4 is 5.73 Å². The number of nitrogen functional groups attached to an aromatic ring is 1. The zero-order chi connectivity index (χ0) is 15.6. The van der Waals surface area contributed by atoms with E-state index >= 15 is 0 Å². The van der Waals surface area contributed by atoms with E-state index in [1.54, 1.807) is 25.2 Å². The van der Waals surface area contributed by atoms with Crippen molar-refractivity contribution in [2.24, 2.45) is 0 Å². The monoisotopic (exact) mass is 326 g/mol. The van der Waals surface area contributed by atoms with Gasteiger partial charge in [0.2, 0.25) is 0 Å². The molecule has 6 heteroatoms. The number of carbonyl (C=O) groups is 1. The van der Waals surface area contributed by atoms with Gasteiger partial charge in [0.15, 0.2) is 0 Å². The van der Waals surface area contributed by atoms with Crippen LogP contribution in [0, 0.1) is 5.82 Å². The van der Waals surface area contributed by atoms with Gasteiger partial charge < -0.3 is 10.6 Å². The van der Waals surface area contributed by atoms with Crippen molar-refractivity contribution in [3.63, 3.8) is 0 Å². The Bertz CT molecular complexity index is 671. The Morgan fingerprint density at radius 3 is 2.57 bits per heavy atom. The van der Waals surface area contributed by atoms with Crippen molar-refractivity contribution >= 4 is 34.8 Å². The summed E-state index contributed by atoms with van der Waals surface area (Å²) in [7, 11) is 1.57. The maximum Gasteiger partial charge on any atom is 0.253 e. The topological polar surface area (TPSA) is 46.3 Å². The summed E-state index contributed by atoms with van der Waals surface area (Å²) in [5.74, 6) is -0.740. The van der Waals surface area contributed by atoms with Crippen molar-refractivity contribution < 1.29 is 9.18 Å². The Kier molecular flexibility index (Phi) is 4.70. The van der Waals surface area contributed by atoms with Crippen LogP contribution in [0.15, 0.2) is 36.4 Å². The van der Waals surface area contributed by atoms with E-state index in [-0.39, 0.29) is 23.0 Å². The first-order valence-corrected chi connectivity index (χ1v) is 6.89.